The molecule has 70 valence electrons. The van der Waals surface area contributed by atoms with Crippen LogP contribution in [0.15, 0.2) is 30.3 Å². The van der Waals surface area contributed by atoms with E-state index in [0.29, 0.717) is 0 Å². The third-order valence-electron chi connectivity index (χ3n) is 1.30. The summed E-state index contributed by atoms with van der Waals surface area (Å²) in [5.41, 5.74) is 0. The molecule has 1 aromatic heterocycles. The molecule has 3 nitrogen and oxygen atoms in total. The number of fused-ring (bicyclic) bond motifs is 1. The Hall–Kier alpha value is 1.12. The van der Waals surface area contributed by atoms with Crippen molar-refractivity contribution in [1.82, 2.24) is 0 Å². The van der Waals surface area contributed by atoms with Gasteiger partial charge in [0.1, 0.15) is 0 Å². The van der Waals surface area contributed by atoms with E-state index in [-0.39, 0.29) is 60.5 Å². The molecule has 0 bridgehead atoms. The fourth-order valence-corrected chi connectivity index (χ4v) is 1.55. The van der Waals surface area contributed by atoms with Gasteiger partial charge in [-0.1, -0.05) is 12.1 Å². The second kappa shape index (κ2) is 10.3. The van der Waals surface area contributed by atoms with Crippen molar-refractivity contribution in [3.8, 4) is 0 Å². The van der Waals surface area contributed by atoms with Crippen LogP contribution in [0.3, 0.4) is 0 Å². The largest absolute Gasteiger partial charge is 1.00 e. The van der Waals surface area contributed by atoms with Crippen molar-refractivity contribution in [2.75, 3.05) is 0 Å². The quantitative estimate of drug-likeness (QED) is 0.319. The Morgan fingerprint density at radius 2 is 1.67 bits per heavy atom. The van der Waals surface area contributed by atoms with E-state index < -0.39 is 7.32 Å². The molecule has 0 atom stereocenters. The molecular formula is C8H9BNa2O3S. The molecule has 0 radical (unpaired) electrons. The van der Waals surface area contributed by atoms with Gasteiger partial charge in [0.2, 0.25) is 0 Å². The van der Waals surface area contributed by atoms with Crippen molar-refractivity contribution in [1.29, 1.82) is 0 Å². The van der Waals surface area contributed by atoms with Gasteiger partial charge < -0.3 is 16.5 Å². The number of benzene rings is 1. The summed E-state index contributed by atoms with van der Waals surface area (Å²) in [6.45, 7) is 0. The normalized spacial score (nSPS) is 7.93. The fourth-order valence-electron chi connectivity index (χ4n) is 0.849. The van der Waals surface area contributed by atoms with Crippen molar-refractivity contribution >= 4 is 28.7 Å². The van der Waals surface area contributed by atoms with E-state index in [4.69, 9.17) is 15.1 Å². The minimum atomic E-state index is -2.17. The summed E-state index contributed by atoms with van der Waals surface area (Å²) in [6.07, 6.45) is 0. The third kappa shape index (κ3) is 7.93. The molecule has 2 aromatic rings. The molecule has 0 unspecified atom stereocenters. The van der Waals surface area contributed by atoms with E-state index in [1.165, 1.54) is 10.1 Å². The van der Waals surface area contributed by atoms with Crippen LogP contribution in [0.5, 0.6) is 0 Å². The van der Waals surface area contributed by atoms with E-state index in [1.54, 1.807) is 11.3 Å². The minimum Gasteiger partial charge on any atom is -1.00 e. The predicted octanol–water partition coefficient (Wildman–Crippen LogP) is -5.23. The van der Waals surface area contributed by atoms with E-state index in [0.717, 1.165) is 0 Å². The average Bonchev–Trinajstić information content (AvgIpc) is 2.49. The van der Waals surface area contributed by atoms with Gasteiger partial charge in [0.15, 0.2) is 0 Å². The molecule has 0 saturated heterocycles. The Bertz CT molecular complexity index is 342. The van der Waals surface area contributed by atoms with Crippen LogP contribution in [-0.4, -0.2) is 22.4 Å². The molecule has 0 aliphatic rings. The molecule has 0 amide bonds. The van der Waals surface area contributed by atoms with Gasteiger partial charge in [-0.2, -0.15) is 11.5 Å². The van der Waals surface area contributed by atoms with E-state index in [1.807, 2.05) is 18.2 Å². The van der Waals surface area contributed by atoms with Crippen molar-refractivity contribution in [3.63, 3.8) is 0 Å². The van der Waals surface area contributed by atoms with Crippen LogP contribution in [-0.2, 0) is 0 Å². The molecular weight excluding hydrogens is 233 g/mol. The predicted molar refractivity (Wildman–Crippen MR) is 54.2 cm³/mol. The van der Waals surface area contributed by atoms with Crippen molar-refractivity contribution in [2.24, 2.45) is 0 Å². The van der Waals surface area contributed by atoms with Crippen LogP contribution in [0.1, 0.15) is 1.43 Å². The average molecular weight is 242 g/mol. The smallest absolute Gasteiger partial charge is 1.00 e. The van der Waals surface area contributed by atoms with Crippen LogP contribution in [0.25, 0.3) is 10.1 Å². The maximum atomic E-state index is 7.17. The van der Waals surface area contributed by atoms with Crippen molar-refractivity contribution < 1.29 is 75.6 Å². The fraction of sp³-hybridized carbons (Fsp3) is 0. The van der Waals surface area contributed by atoms with E-state index in [9.17, 15) is 0 Å². The topological polar surface area (TPSA) is 60.7 Å². The number of rotatable bonds is 0. The Labute approximate surface area is 138 Å². The van der Waals surface area contributed by atoms with Crippen molar-refractivity contribution in [2.45, 2.75) is 0 Å². The first-order chi connectivity index (χ1) is 6.20. The Balaban J connectivity index is -0.000000218. The zero-order valence-electron chi connectivity index (χ0n) is 9.71. The van der Waals surface area contributed by atoms with Crippen molar-refractivity contribution in [3.05, 3.63) is 35.7 Å². The van der Waals surface area contributed by atoms with Gasteiger partial charge in [-0.3, -0.25) is 11.3 Å². The molecule has 7 heteroatoms. The molecule has 15 heavy (non-hydrogen) atoms. The molecule has 0 fully saturated rings. The monoisotopic (exact) mass is 242 g/mol. The summed E-state index contributed by atoms with van der Waals surface area (Å²) < 4.78 is 1.32. The molecule has 2 rings (SSSR count). The molecule has 0 aliphatic carbocycles. The van der Waals surface area contributed by atoms with Gasteiger partial charge in [-0.15, -0.1) is 22.2 Å². The summed E-state index contributed by atoms with van der Waals surface area (Å²) in [6, 6.07) is 10.3. The Morgan fingerprint density at radius 3 is 2.20 bits per heavy atom. The first-order valence-corrected chi connectivity index (χ1v) is 4.40. The summed E-state index contributed by atoms with van der Waals surface area (Å²) in [5, 5.41) is 25.9. The molecule has 0 spiro atoms. The van der Waals surface area contributed by atoms with Gasteiger partial charge >= 0.3 is 66.4 Å². The number of hydrogen-bond donors (Lipinski definition) is 3. The minimum absolute atomic E-state index is 0. The van der Waals surface area contributed by atoms with Crippen LogP contribution in [0.4, 0.5) is 0 Å². The zero-order valence-corrected chi connectivity index (χ0v) is 13.5. The van der Waals surface area contributed by atoms with E-state index in [2.05, 4.69) is 17.5 Å². The third-order valence-corrected chi connectivity index (χ3v) is 2.13. The summed E-state index contributed by atoms with van der Waals surface area (Å²) in [7, 11) is -2.17. The van der Waals surface area contributed by atoms with E-state index >= 15 is 0 Å². The molecule has 1 heterocycles. The Kier molecular flexibility index (Phi) is 12.7. The molecule has 1 aromatic carbocycles. The van der Waals surface area contributed by atoms with Gasteiger partial charge in [-0.05, 0) is 0 Å². The maximum absolute atomic E-state index is 7.17. The summed E-state index contributed by atoms with van der Waals surface area (Å²) >= 11 is 1.66. The van der Waals surface area contributed by atoms with Crippen LogP contribution in [0, 0.1) is 5.38 Å². The first kappa shape index (κ1) is 18.5. The second-order valence-electron chi connectivity index (χ2n) is 2.25. The molecule has 0 saturated carbocycles. The van der Waals surface area contributed by atoms with Gasteiger partial charge in [0.25, 0.3) is 0 Å². The molecule has 0 aliphatic heterocycles. The SMILES string of the molecule is OB(O)O.[H-].[Na+].[Na+].[c-]1cc2ccccc2s1. The van der Waals surface area contributed by atoms with Crippen LogP contribution >= 0.6 is 11.3 Å². The van der Waals surface area contributed by atoms with Gasteiger partial charge in [0.05, 0.1) is 0 Å². The molecule has 3 N–H and O–H groups in total. The first-order valence-electron chi connectivity index (χ1n) is 3.59. The number of thiophene rings is 1. The van der Waals surface area contributed by atoms with Crippen LogP contribution < -0.4 is 59.1 Å². The van der Waals surface area contributed by atoms with Crippen LogP contribution in [0.2, 0.25) is 0 Å². The second-order valence-corrected chi connectivity index (χ2v) is 3.13. The zero-order chi connectivity index (χ0) is 9.68. The van der Waals surface area contributed by atoms with Gasteiger partial charge in [0, 0.05) is 0 Å². The standard InChI is InChI=1S/C8H5S.BH3O3.2Na.H/c1-2-4-8-7(3-1)5-6-9-8;2-1(3)4;;;/h1-5H;2-4H;;;/q-1;;2*+1;-1. The summed E-state index contributed by atoms with van der Waals surface area (Å²) in [4.78, 5) is 0. The number of hydrogen-bond acceptors (Lipinski definition) is 4. The summed E-state index contributed by atoms with van der Waals surface area (Å²) in [5.74, 6) is 0. The Morgan fingerprint density at radius 1 is 1.13 bits per heavy atom. The van der Waals surface area contributed by atoms with Gasteiger partial charge in [-0.25, -0.2) is 0 Å². The maximum Gasteiger partial charge on any atom is 1.00 e.